The van der Waals surface area contributed by atoms with Crippen LogP contribution in [-0.2, 0) is 11.2 Å². The van der Waals surface area contributed by atoms with Crippen LogP contribution < -0.4 is 10.6 Å². The van der Waals surface area contributed by atoms with Gasteiger partial charge in [0.15, 0.2) is 5.96 Å². The van der Waals surface area contributed by atoms with Gasteiger partial charge in [0.25, 0.3) is 0 Å². The number of aromatic nitrogens is 2. The Kier molecular flexibility index (Phi) is 5.60. The molecule has 0 saturated carbocycles. The number of nitrogens with zero attached hydrogens (tertiary/aromatic N) is 2. The summed E-state index contributed by atoms with van der Waals surface area (Å²) in [5.41, 5.74) is 2.23. The first-order valence-electron chi connectivity index (χ1n) is 8.37. The van der Waals surface area contributed by atoms with Crippen molar-refractivity contribution in [3.05, 3.63) is 30.1 Å². The summed E-state index contributed by atoms with van der Waals surface area (Å²) in [7, 11) is 1.82. The van der Waals surface area contributed by atoms with E-state index in [9.17, 15) is 0 Å². The molecule has 3 N–H and O–H groups in total. The van der Waals surface area contributed by atoms with Crippen molar-refractivity contribution < 1.29 is 4.74 Å². The molecule has 2 bridgehead atoms. The highest BCUT2D eigenvalue weighted by atomic mass is 127. The van der Waals surface area contributed by atoms with Gasteiger partial charge in [0, 0.05) is 31.4 Å². The van der Waals surface area contributed by atoms with E-state index in [0.717, 1.165) is 31.0 Å². The van der Waals surface area contributed by atoms with Gasteiger partial charge in [0.1, 0.15) is 5.65 Å². The van der Waals surface area contributed by atoms with Gasteiger partial charge in [-0.25, -0.2) is 4.98 Å². The smallest absolute Gasteiger partial charge is 0.191 e. The van der Waals surface area contributed by atoms with Crippen LogP contribution in [0.1, 0.15) is 24.8 Å². The Morgan fingerprint density at radius 1 is 1.46 bits per heavy atom. The van der Waals surface area contributed by atoms with E-state index in [0.29, 0.717) is 18.2 Å². The monoisotopic (exact) mass is 441 g/mol. The molecule has 2 saturated heterocycles. The Labute approximate surface area is 158 Å². The van der Waals surface area contributed by atoms with Crippen molar-refractivity contribution in [2.45, 2.75) is 43.9 Å². The van der Waals surface area contributed by atoms with E-state index >= 15 is 0 Å². The summed E-state index contributed by atoms with van der Waals surface area (Å²) < 4.78 is 5.89. The molecule has 7 heteroatoms. The Balaban J connectivity index is 0.00000169. The minimum absolute atomic E-state index is 0. The highest BCUT2D eigenvalue weighted by Gasteiger charge is 2.41. The molecule has 4 rings (SSSR count). The highest BCUT2D eigenvalue weighted by Crippen LogP contribution is 2.34. The molecule has 2 aliphatic heterocycles. The molecular weight excluding hydrogens is 417 g/mol. The lowest BCUT2D eigenvalue weighted by Crippen LogP contribution is -2.47. The molecule has 2 fully saturated rings. The zero-order valence-electron chi connectivity index (χ0n) is 13.8. The number of fused-ring (bicyclic) bond motifs is 3. The van der Waals surface area contributed by atoms with Crippen LogP contribution in [0.3, 0.4) is 0 Å². The fourth-order valence-corrected chi connectivity index (χ4v) is 3.70. The molecule has 0 aromatic carbocycles. The second kappa shape index (κ2) is 7.69. The minimum Gasteiger partial charge on any atom is -0.373 e. The maximum absolute atomic E-state index is 5.89. The fraction of sp³-hybridized carbons (Fsp3) is 0.529. The predicted molar refractivity (Wildman–Crippen MR) is 106 cm³/mol. The van der Waals surface area contributed by atoms with Crippen LogP contribution in [0.15, 0.2) is 29.5 Å². The molecule has 3 atom stereocenters. The molecule has 24 heavy (non-hydrogen) atoms. The number of rotatable bonds is 4. The summed E-state index contributed by atoms with van der Waals surface area (Å²) in [6.07, 6.45) is 9.07. The van der Waals surface area contributed by atoms with Crippen molar-refractivity contribution in [2.24, 2.45) is 4.99 Å². The molecule has 2 aliphatic rings. The number of nitrogens with one attached hydrogen (secondary N) is 3. The van der Waals surface area contributed by atoms with Crippen LogP contribution in [-0.4, -0.2) is 47.8 Å². The van der Waals surface area contributed by atoms with Crippen molar-refractivity contribution >= 4 is 41.0 Å². The maximum atomic E-state index is 5.89. The van der Waals surface area contributed by atoms with Crippen LogP contribution in [0, 0.1) is 0 Å². The molecule has 3 unspecified atom stereocenters. The fourth-order valence-electron chi connectivity index (χ4n) is 3.70. The Bertz CT molecular complexity index is 716. The summed E-state index contributed by atoms with van der Waals surface area (Å²) >= 11 is 0. The SMILES string of the molecule is CN=C(NCCc1c[nH]c2ncccc12)NC1CC2CCC1O2.I. The molecule has 0 aliphatic carbocycles. The van der Waals surface area contributed by atoms with Gasteiger partial charge >= 0.3 is 0 Å². The number of guanidine groups is 1. The summed E-state index contributed by atoms with van der Waals surface area (Å²) in [5, 5.41) is 8.11. The predicted octanol–water partition coefficient (Wildman–Crippen LogP) is 2.21. The Morgan fingerprint density at radius 3 is 3.12 bits per heavy atom. The zero-order valence-corrected chi connectivity index (χ0v) is 16.1. The third-order valence-corrected chi connectivity index (χ3v) is 4.88. The average molecular weight is 441 g/mol. The van der Waals surface area contributed by atoms with Gasteiger partial charge in [0.2, 0.25) is 0 Å². The van der Waals surface area contributed by atoms with Crippen LogP contribution in [0.5, 0.6) is 0 Å². The van der Waals surface area contributed by atoms with Gasteiger partial charge in [-0.15, -0.1) is 24.0 Å². The molecule has 0 spiro atoms. The third kappa shape index (κ3) is 3.51. The lowest BCUT2D eigenvalue weighted by atomic mass is 9.96. The minimum atomic E-state index is 0. The van der Waals surface area contributed by atoms with Crippen LogP contribution in [0.2, 0.25) is 0 Å². The first kappa shape index (κ1) is 17.5. The standard InChI is InChI=1S/C17H23N5O.HI/c1-18-17(22-14-9-12-4-5-15(14)23-12)20-8-6-11-10-21-16-13(11)3-2-7-19-16;/h2-3,7,10,12,14-15H,4-6,8-9H2,1H3,(H,19,21)(H2,18,20,22);1H. The molecular formula is C17H24IN5O. The topological polar surface area (TPSA) is 74.3 Å². The van der Waals surface area contributed by atoms with Crippen LogP contribution in [0.4, 0.5) is 0 Å². The molecule has 2 aromatic heterocycles. The van der Waals surface area contributed by atoms with Crippen LogP contribution in [0.25, 0.3) is 11.0 Å². The lowest BCUT2D eigenvalue weighted by Gasteiger charge is -2.22. The number of halogens is 1. The van der Waals surface area contributed by atoms with Crippen molar-refractivity contribution in [3.8, 4) is 0 Å². The maximum Gasteiger partial charge on any atom is 0.191 e. The molecule has 0 radical (unpaired) electrons. The summed E-state index contributed by atoms with van der Waals surface area (Å²) in [6.45, 7) is 0.837. The number of H-pyrrole nitrogens is 1. The molecule has 6 nitrogen and oxygen atoms in total. The van der Waals surface area contributed by atoms with E-state index < -0.39 is 0 Å². The third-order valence-electron chi connectivity index (χ3n) is 4.88. The van der Waals surface area contributed by atoms with E-state index in [4.69, 9.17) is 4.74 Å². The quantitative estimate of drug-likeness (QED) is 0.387. The van der Waals surface area contributed by atoms with Crippen molar-refractivity contribution in [1.82, 2.24) is 20.6 Å². The first-order valence-corrected chi connectivity index (χ1v) is 8.37. The molecule has 2 aromatic rings. The number of pyridine rings is 1. The summed E-state index contributed by atoms with van der Waals surface area (Å²) in [6, 6.07) is 4.48. The van der Waals surface area contributed by atoms with Crippen LogP contribution >= 0.6 is 24.0 Å². The van der Waals surface area contributed by atoms with E-state index in [-0.39, 0.29) is 24.0 Å². The molecule has 0 amide bonds. The number of ether oxygens (including phenoxy) is 1. The number of aromatic amines is 1. The second-order valence-electron chi connectivity index (χ2n) is 6.32. The van der Waals surface area contributed by atoms with E-state index in [1.807, 2.05) is 25.5 Å². The van der Waals surface area contributed by atoms with Gasteiger partial charge in [-0.2, -0.15) is 0 Å². The molecule has 4 heterocycles. The first-order chi connectivity index (χ1) is 11.3. The average Bonchev–Trinajstić information content (AvgIpc) is 3.29. The van der Waals surface area contributed by atoms with Gasteiger partial charge in [0.05, 0.1) is 18.2 Å². The largest absolute Gasteiger partial charge is 0.373 e. The summed E-state index contributed by atoms with van der Waals surface area (Å²) in [4.78, 5) is 11.9. The highest BCUT2D eigenvalue weighted by molar-refractivity contribution is 14.0. The van der Waals surface area contributed by atoms with Gasteiger partial charge in [-0.3, -0.25) is 4.99 Å². The van der Waals surface area contributed by atoms with Crippen molar-refractivity contribution in [1.29, 1.82) is 0 Å². The second-order valence-corrected chi connectivity index (χ2v) is 6.32. The van der Waals surface area contributed by atoms with Crippen molar-refractivity contribution in [3.63, 3.8) is 0 Å². The van der Waals surface area contributed by atoms with Gasteiger partial charge < -0.3 is 20.4 Å². The van der Waals surface area contributed by atoms with Gasteiger partial charge in [-0.1, -0.05) is 0 Å². The molecule has 130 valence electrons. The van der Waals surface area contributed by atoms with E-state index in [1.54, 1.807) is 0 Å². The van der Waals surface area contributed by atoms with Crippen molar-refractivity contribution in [2.75, 3.05) is 13.6 Å². The summed E-state index contributed by atoms with van der Waals surface area (Å²) in [5.74, 6) is 0.865. The van der Waals surface area contributed by atoms with E-state index in [1.165, 1.54) is 23.8 Å². The van der Waals surface area contributed by atoms with Gasteiger partial charge in [-0.05, 0) is 43.4 Å². The number of hydrogen-bond donors (Lipinski definition) is 3. The normalized spacial score (nSPS) is 25.7. The number of hydrogen-bond acceptors (Lipinski definition) is 3. The lowest BCUT2D eigenvalue weighted by molar-refractivity contribution is 0.0992. The Hall–Kier alpha value is -1.35. The Morgan fingerprint density at radius 2 is 2.38 bits per heavy atom. The number of aliphatic imine (C=N–C) groups is 1. The van der Waals surface area contributed by atoms with E-state index in [2.05, 4.69) is 31.7 Å². The zero-order chi connectivity index (χ0) is 15.6.